The highest BCUT2D eigenvalue weighted by Gasteiger charge is 2.22. The number of nitrogens with one attached hydrogen (secondary N) is 1. The van der Waals surface area contributed by atoms with Crippen molar-refractivity contribution in [1.82, 2.24) is 4.98 Å². The fourth-order valence-corrected chi connectivity index (χ4v) is 2.76. The Hall–Kier alpha value is -1.83. The van der Waals surface area contributed by atoms with Crippen LogP contribution in [0.25, 0.3) is 11.3 Å². The highest BCUT2D eigenvalue weighted by Crippen LogP contribution is 2.40. The van der Waals surface area contributed by atoms with Crippen molar-refractivity contribution in [1.29, 1.82) is 0 Å². The average Bonchev–Trinajstić information content (AvgIpc) is 2.44. The Labute approximate surface area is 121 Å². The summed E-state index contributed by atoms with van der Waals surface area (Å²) in [4.78, 5) is 4.58. The first-order chi connectivity index (χ1) is 9.88. The highest BCUT2D eigenvalue weighted by atomic mass is 14.9. The van der Waals surface area contributed by atoms with Crippen molar-refractivity contribution >= 4 is 5.69 Å². The van der Waals surface area contributed by atoms with Crippen LogP contribution in [0.15, 0.2) is 42.6 Å². The fourth-order valence-electron chi connectivity index (χ4n) is 2.76. The predicted molar refractivity (Wildman–Crippen MR) is 85.0 cm³/mol. The van der Waals surface area contributed by atoms with Crippen LogP contribution in [-0.2, 0) is 0 Å². The van der Waals surface area contributed by atoms with Crippen LogP contribution in [0.4, 0.5) is 5.69 Å². The minimum absolute atomic E-state index is 0.736. The molecule has 1 aromatic carbocycles. The van der Waals surface area contributed by atoms with Gasteiger partial charge in [0.15, 0.2) is 0 Å². The zero-order valence-electron chi connectivity index (χ0n) is 12.1. The Morgan fingerprint density at radius 1 is 1.20 bits per heavy atom. The number of rotatable bonds is 5. The summed E-state index contributed by atoms with van der Waals surface area (Å²) in [6, 6.07) is 13.0. The van der Waals surface area contributed by atoms with E-state index in [9.17, 15) is 0 Å². The van der Waals surface area contributed by atoms with Gasteiger partial charge in [-0.2, -0.15) is 0 Å². The maximum Gasteiger partial charge on any atom is 0.0725 e. The predicted octanol–water partition coefficient (Wildman–Crippen LogP) is 4.84. The van der Waals surface area contributed by atoms with E-state index < -0.39 is 0 Å². The molecular weight excluding hydrogens is 244 g/mol. The van der Waals surface area contributed by atoms with E-state index in [1.54, 1.807) is 0 Å². The van der Waals surface area contributed by atoms with Crippen LogP contribution < -0.4 is 5.32 Å². The Kier molecular flexibility index (Phi) is 4.00. The Morgan fingerprint density at radius 2 is 2.05 bits per heavy atom. The van der Waals surface area contributed by atoms with Crippen LogP contribution in [0.1, 0.15) is 44.1 Å². The molecule has 0 aliphatic heterocycles. The van der Waals surface area contributed by atoms with Gasteiger partial charge in [0.05, 0.1) is 5.69 Å². The van der Waals surface area contributed by atoms with Crippen molar-refractivity contribution in [2.45, 2.75) is 38.5 Å². The molecule has 1 aliphatic rings. The number of nitrogens with zero attached hydrogens (tertiary/aromatic N) is 1. The van der Waals surface area contributed by atoms with Gasteiger partial charge in [0.2, 0.25) is 0 Å². The maximum absolute atomic E-state index is 4.58. The van der Waals surface area contributed by atoms with E-state index in [0.29, 0.717) is 0 Å². The molecular formula is C18H22N2. The molecule has 3 rings (SSSR count). The number of anilines is 1. The smallest absolute Gasteiger partial charge is 0.0725 e. The largest absolute Gasteiger partial charge is 0.385 e. The van der Waals surface area contributed by atoms with E-state index in [1.165, 1.54) is 36.1 Å². The SMILES string of the molecule is CCCNc1ccnc(-c2ccccc2C2CCC2)c1. The molecule has 0 radical (unpaired) electrons. The van der Waals surface area contributed by atoms with Crippen molar-refractivity contribution in [3.05, 3.63) is 48.2 Å². The first kappa shape index (κ1) is 13.2. The summed E-state index contributed by atoms with van der Waals surface area (Å²) in [6.45, 7) is 3.19. The molecule has 20 heavy (non-hydrogen) atoms. The lowest BCUT2D eigenvalue weighted by molar-refractivity contribution is 0.420. The summed E-state index contributed by atoms with van der Waals surface area (Å²) in [5, 5.41) is 3.44. The van der Waals surface area contributed by atoms with Crippen LogP contribution in [-0.4, -0.2) is 11.5 Å². The van der Waals surface area contributed by atoms with E-state index >= 15 is 0 Å². The molecule has 2 heteroatoms. The zero-order chi connectivity index (χ0) is 13.8. The summed E-state index contributed by atoms with van der Waals surface area (Å²) in [6.07, 6.45) is 7.06. The number of pyridine rings is 1. The van der Waals surface area contributed by atoms with Crippen molar-refractivity contribution in [2.75, 3.05) is 11.9 Å². The Bertz CT molecular complexity index is 573. The number of hydrogen-bond acceptors (Lipinski definition) is 2. The van der Waals surface area contributed by atoms with Crippen molar-refractivity contribution in [3.63, 3.8) is 0 Å². The van der Waals surface area contributed by atoms with Gasteiger partial charge in [-0.3, -0.25) is 4.98 Å². The van der Waals surface area contributed by atoms with E-state index in [0.717, 1.165) is 24.6 Å². The van der Waals surface area contributed by atoms with Crippen molar-refractivity contribution in [3.8, 4) is 11.3 Å². The normalized spacial score (nSPS) is 14.8. The Balaban J connectivity index is 1.92. The molecule has 2 nitrogen and oxygen atoms in total. The van der Waals surface area contributed by atoms with Crippen LogP contribution in [0.3, 0.4) is 0 Å². The monoisotopic (exact) mass is 266 g/mol. The van der Waals surface area contributed by atoms with E-state index in [4.69, 9.17) is 0 Å². The summed E-state index contributed by atoms with van der Waals surface area (Å²) in [5.74, 6) is 0.736. The Morgan fingerprint density at radius 3 is 2.80 bits per heavy atom. The topological polar surface area (TPSA) is 24.9 Å². The van der Waals surface area contributed by atoms with E-state index in [1.807, 2.05) is 12.3 Å². The third kappa shape index (κ3) is 2.69. The van der Waals surface area contributed by atoms with Gasteiger partial charge in [0, 0.05) is 24.0 Å². The summed E-state index contributed by atoms with van der Waals surface area (Å²) in [7, 11) is 0. The number of benzene rings is 1. The summed E-state index contributed by atoms with van der Waals surface area (Å²) >= 11 is 0. The first-order valence-corrected chi connectivity index (χ1v) is 7.67. The maximum atomic E-state index is 4.58. The molecule has 0 saturated heterocycles. The minimum Gasteiger partial charge on any atom is -0.385 e. The van der Waals surface area contributed by atoms with Crippen molar-refractivity contribution in [2.24, 2.45) is 0 Å². The molecule has 2 aromatic rings. The second-order valence-electron chi connectivity index (χ2n) is 5.57. The minimum atomic E-state index is 0.736. The molecule has 0 atom stereocenters. The molecule has 0 unspecified atom stereocenters. The molecule has 1 heterocycles. The lowest BCUT2D eigenvalue weighted by Crippen LogP contribution is -2.10. The molecule has 1 saturated carbocycles. The van der Waals surface area contributed by atoms with Crippen LogP contribution >= 0.6 is 0 Å². The molecule has 1 aliphatic carbocycles. The summed E-state index contributed by atoms with van der Waals surface area (Å²) < 4.78 is 0. The molecule has 0 spiro atoms. The van der Waals surface area contributed by atoms with Crippen molar-refractivity contribution < 1.29 is 0 Å². The van der Waals surface area contributed by atoms with Gasteiger partial charge in [0.25, 0.3) is 0 Å². The third-order valence-electron chi connectivity index (χ3n) is 4.12. The van der Waals surface area contributed by atoms with E-state index in [-0.39, 0.29) is 0 Å². The van der Waals surface area contributed by atoms with Gasteiger partial charge in [-0.1, -0.05) is 37.6 Å². The number of hydrogen-bond donors (Lipinski definition) is 1. The van der Waals surface area contributed by atoms with Crippen LogP contribution in [0, 0.1) is 0 Å². The quantitative estimate of drug-likeness (QED) is 0.837. The van der Waals surface area contributed by atoms with Gasteiger partial charge in [-0.15, -0.1) is 0 Å². The van der Waals surface area contributed by atoms with Crippen LogP contribution in [0.2, 0.25) is 0 Å². The molecule has 0 bridgehead atoms. The average molecular weight is 266 g/mol. The van der Waals surface area contributed by atoms with Gasteiger partial charge in [0.1, 0.15) is 0 Å². The summed E-state index contributed by atoms with van der Waals surface area (Å²) in [5.41, 5.74) is 5.03. The fraction of sp³-hybridized carbons (Fsp3) is 0.389. The zero-order valence-corrected chi connectivity index (χ0v) is 12.1. The van der Waals surface area contributed by atoms with Crippen LogP contribution in [0.5, 0.6) is 0 Å². The number of aromatic nitrogens is 1. The lowest BCUT2D eigenvalue weighted by Gasteiger charge is -2.27. The second-order valence-corrected chi connectivity index (χ2v) is 5.57. The molecule has 0 amide bonds. The molecule has 1 N–H and O–H groups in total. The second kappa shape index (κ2) is 6.08. The third-order valence-corrected chi connectivity index (χ3v) is 4.12. The first-order valence-electron chi connectivity index (χ1n) is 7.67. The van der Waals surface area contributed by atoms with Gasteiger partial charge >= 0.3 is 0 Å². The van der Waals surface area contributed by atoms with Gasteiger partial charge in [-0.05, 0) is 42.9 Å². The van der Waals surface area contributed by atoms with Gasteiger partial charge in [-0.25, -0.2) is 0 Å². The molecule has 1 fully saturated rings. The molecule has 1 aromatic heterocycles. The van der Waals surface area contributed by atoms with E-state index in [2.05, 4.69) is 47.6 Å². The lowest BCUT2D eigenvalue weighted by atomic mass is 9.78. The highest BCUT2D eigenvalue weighted by molar-refractivity contribution is 5.68. The van der Waals surface area contributed by atoms with Gasteiger partial charge < -0.3 is 5.32 Å². The standard InChI is InChI=1S/C18H22N2/c1-2-11-19-15-10-12-20-18(13-15)17-9-4-3-8-16(17)14-6-5-7-14/h3-4,8-10,12-14H,2,5-7,11H2,1H3,(H,19,20). The molecule has 104 valence electrons.